The van der Waals surface area contributed by atoms with E-state index in [2.05, 4.69) is 12.2 Å². The van der Waals surface area contributed by atoms with Gasteiger partial charge in [-0.25, -0.2) is 0 Å². The summed E-state index contributed by atoms with van der Waals surface area (Å²) >= 11 is 0. The Labute approximate surface area is 81.1 Å². The minimum atomic E-state index is -0.844. The van der Waals surface area contributed by atoms with E-state index in [4.69, 9.17) is 5.11 Å². The number of carboxylic acids is 1. The van der Waals surface area contributed by atoms with E-state index in [0.717, 1.165) is 0 Å². The molecule has 0 aromatic heterocycles. The van der Waals surface area contributed by atoms with Gasteiger partial charge in [0.05, 0.1) is 6.54 Å². The first-order valence-corrected chi connectivity index (χ1v) is 1.99. The molecule has 0 atom stereocenters. The molecule has 2 N–H and O–H groups in total. The third kappa shape index (κ3) is 17.7. The largest absolute Gasteiger partial charge is 0.480 e. The molecule has 0 aliphatic carbocycles. The van der Waals surface area contributed by atoms with Crippen LogP contribution in [-0.2, 0) is 37.5 Å². The smallest absolute Gasteiger partial charge is 0.317 e. The third-order valence-corrected chi connectivity index (χ3v) is 0.453. The molecule has 0 aromatic carbocycles. The molecule has 0 aliphatic rings. The van der Waals surface area contributed by atoms with E-state index in [0.29, 0.717) is 6.54 Å². The van der Waals surface area contributed by atoms with Crippen molar-refractivity contribution < 1.29 is 42.6 Å². The van der Waals surface area contributed by atoms with Crippen LogP contribution in [0.5, 0.6) is 0 Å². The van der Waals surface area contributed by atoms with Gasteiger partial charge in [0.2, 0.25) is 0 Å². The van der Waals surface area contributed by atoms with Crippen molar-refractivity contribution in [2.45, 2.75) is 0 Å². The summed E-state index contributed by atoms with van der Waals surface area (Å²) in [5.74, 6) is -0.844. The summed E-state index contributed by atoms with van der Waals surface area (Å²) in [6.45, 7) is 3.85. The number of aliphatic carboxylic acids is 1. The van der Waals surface area contributed by atoms with Gasteiger partial charge in [-0.15, -0.1) is 6.54 Å². The van der Waals surface area contributed by atoms with E-state index in [1.165, 1.54) is 0 Å². The number of rotatable bonds is 3. The summed E-state index contributed by atoms with van der Waals surface area (Å²) in [5.41, 5.74) is 0. The fraction of sp³-hybridized carbons (Fsp3) is 0.400. The van der Waals surface area contributed by atoms with Crippen LogP contribution in [0.3, 0.4) is 0 Å². The number of hydrogen-bond donors (Lipinski definition) is 2. The van der Waals surface area contributed by atoms with Crippen LogP contribution in [0.1, 0.15) is 0 Å². The van der Waals surface area contributed by atoms with Crippen LogP contribution in [-0.4, -0.2) is 24.2 Å². The predicted octanol–water partition coefficient (Wildman–Crippen LogP) is -0.0575. The van der Waals surface area contributed by atoms with Crippen molar-refractivity contribution in [2.75, 3.05) is 13.1 Å². The molecular formula is C5H11NO2Y-2. The van der Waals surface area contributed by atoms with Gasteiger partial charge in [0, 0.05) is 32.7 Å². The molecule has 0 aromatic rings. The first kappa shape index (κ1) is 16.3. The zero-order valence-electron chi connectivity index (χ0n) is 5.55. The van der Waals surface area contributed by atoms with Gasteiger partial charge in [0.15, 0.2) is 0 Å². The van der Waals surface area contributed by atoms with Gasteiger partial charge in [-0.1, -0.05) is 0 Å². The van der Waals surface area contributed by atoms with Gasteiger partial charge in [-0.05, 0) is 0 Å². The Morgan fingerprint density at radius 3 is 2.22 bits per heavy atom. The second kappa shape index (κ2) is 11.3. The zero-order chi connectivity index (χ0) is 5.70. The number of carbonyl (C=O) groups is 1. The zero-order valence-corrected chi connectivity index (χ0v) is 8.39. The monoisotopic (exact) mass is 206 g/mol. The Hall–Kier alpha value is 0.534. The SMILES string of the molecule is [CH2-]CNCC(=O)O.[CH3-].[Y]. The first-order chi connectivity index (χ1) is 3.27. The van der Waals surface area contributed by atoms with Crippen LogP contribution >= 0.6 is 0 Å². The van der Waals surface area contributed by atoms with Crippen molar-refractivity contribution in [1.29, 1.82) is 0 Å². The van der Waals surface area contributed by atoms with E-state index in [-0.39, 0.29) is 46.7 Å². The molecule has 0 heterocycles. The van der Waals surface area contributed by atoms with Crippen LogP contribution in [0.15, 0.2) is 0 Å². The standard InChI is InChI=1S/C4H8NO2.CH3.Y/c1-2-5-3-4(6)7;;/h5H,1-3H2,(H,6,7);1H3;/q2*-1;. The van der Waals surface area contributed by atoms with Crippen LogP contribution in [0, 0.1) is 14.4 Å². The normalized spacial score (nSPS) is 6.78. The van der Waals surface area contributed by atoms with Crippen LogP contribution < -0.4 is 5.32 Å². The maximum atomic E-state index is 9.67. The van der Waals surface area contributed by atoms with Crippen molar-refractivity contribution in [3.63, 3.8) is 0 Å². The molecule has 0 saturated carbocycles. The molecule has 0 spiro atoms. The Kier molecular flexibility index (Phi) is 20.5. The maximum absolute atomic E-state index is 9.67. The second-order valence-electron chi connectivity index (χ2n) is 1.07. The van der Waals surface area contributed by atoms with E-state index < -0.39 is 5.97 Å². The first-order valence-electron chi connectivity index (χ1n) is 1.99. The molecule has 0 unspecified atom stereocenters. The van der Waals surface area contributed by atoms with Crippen molar-refractivity contribution in [1.82, 2.24) is 5.32 Å². The Bertz CT molecular complexity index is 68.0. The Balaban J connectivity index is -0.000000180. The van der Waals surface area contributed by atoms with Crippen LogP contribution in [0.4, 0.5) is 0 Å². The van der Waals surface area contributed by atoms with E-state index >= 15 is 0 Å². The molecule has 53 valence electrons. The van der Waals surface area contributed by atoms with Gasteiger partial charge in [0.25, 0.3) is 0 Å². The van der Waals surface area contributed by atoms with Crippen molar-refractivity contribution in [2.24, 2.45) is 0 Å². The van der Waals surface area contributed by atoms with Gasteiger partial charge in [-0.2, -0.15) is 0 Å². The molecule has 0 rings (SSSR count). The van der Waals surface area contributed by atoms with E-state index in [1.807, 2.05) is 0 Å². The summed E-state index contributed by atoms with van der Waals surface area (Å²) in [7, 11) is 0. The average Bonchev–Trinajstić information content (AvgIpc) is 1.61. The summed E-state index contributed by atoms with van der Waals surface area (Å²) in [6, 6.07) is 0. The number of carboxylic acid groups (broad SMARTS) is 1. The summed E-state index contributed by atoms with van der Waals surface area (Å²) in [5, 5.41) is 10.5. The van der Waals surface area contributed by atoms with Crippen LogP contribution in [0.2, 0.25) is 0 Å². The molecule has 3 nitrogen and oxygen atoms in total. The molecule has 1 radical (unpaired) electrons. The molecule has 9 heavy (non-hydrogen) atoms. The van der Waals surface area contributed by atoms with Gasteiger partial charge < -0.3 is 24.8 Å². The minimum absolute atomic E-state index is 0. The summed E-state index contributed by atoms with van der Waals surface area (Å²) in [6.07, 6.45) is 0. The summed E-state index contributed by atoms with van der Waals surface area (Å²) in [4.78, 5) is 9.67. The van der Waals surface area contributed by atoms with Crippen molar-refractivity contribution in [3.8, 4) is 0 Å². The third-order valence-electron chi connectivity index (χ3n) is 0.453. The summed E-state index contributed by atoms with van der Waals surface area (Å²) < 4.78 is 0. The molecule has 0 aliphatic heterocycles. The fourth-order valence-corrected chi connectivity index (χ4v) is 0.195. The van der Waals surface area contributed by atoms with Gasteiger partial charge in [0.1, 0.15) is 0 Å². The van der Waals surface area contributed by atoms with Crippen LogP contribution in [0.25, 0.3) is 0 Å². The van der Waals surface area contributed by atoms with Crippen molar-refractivity contribution in [3.05, 3.63) is 14.4 Å². The fourth-order valence-electron chi connectivity index (χ4n) is 0.195. The Morgan fingerprint density at radius 2 is 2.11 bits per heavy atom. The topological polar surface area (TPSA) is 49.3 Å². The molecule has 0 saturated heterocycles. The maximum Gasteiger partial charge on any atom is 0.317 e. The molecule has 0 amide bonds. The molecule has 0 bridgehead atoms. The molecule has 0 fully saturated rings. The Morgan fingerprint density at radius 1 is 1.67 bits per heavy atom. The van der Waals surface area contributed by atoms with Crippen molar-refractivity contribution >= 4 is 5.97 Å². The number of hydrogen-bond acceptors (Lipinski definition) is 2. The number of nitrogens with one attached hydrogen (secondary N) is 1. The average molecular weight is 206 g/mol. The van der Waals surface area contributed by atoms with Gasteiger partial charge in [-0.3, -0.25) is 4.79 Å². The van der Waals surface area contributed by atoms with E-state index in [1.54, 1.807) is 0 Å². The molecular weight excluding hydrogens is 195 g/mol. The predicted molar refractivity (Wildman–Crippen MR) is 32.3 cm³/mol. The second-order valence-corrected chi connectivity index (χ2v) is 1.07. The minimum Gasteiger partial charge on any atom is -0.480 e. The van der Waals surface area contributed by atoms with E-state index in [9.17, 15) is 4.79 Å². The van der Waals surface area contributed by atoms with Gasteiger partial charge >= 0.3 is 5.97 Å². The quantitative estimate of drug-likeness (QED) is 0.636. The molecule has 4 heteroatoms.